The van der Waals surface area contributed by atoms with Gasteiger partial charge in [0, 0.05) is 22.5 Å². The summed E-state index contributed by atoms with van der Waals surface area (Å²) in [5.74, 6) is 2.61. The van der Waals surface area contributed by atoms with Crippen LogP contribution in [0.25, 0.3) is 0 Å². The maximum Gasteiger partial charge on any atom is 0.254 e. The van der Waals surface area contributed by atoms with Crippen molar-refractivity contribution >= 4 is 27.3 Å². The first-order valence-electron chi connectivity index (χ1n) is 9.18. The van der Waals surface area contributed by atoms with Gasteiger partial charge in [-0.15, -0.1) is 0 Å². The van der Waals surface area contributed by atoms with E-state index in [9.17, 15) is 13.2 Å². The molecule has 1 aromatic carbocycles. The van der Waals surface area contributed by atoms with Crippen LogP contribution in [0.4, 0.5) is 0 Å². The van der Waals surface area contributed by atoms with Crippen molar-refractivity contribution in [3.63, 3.8) is 0 Å². The fraction of sp³-hybridized carbons (Fsp3) is 0.450. The molecule has 2 aliphatic rings. The molecule has 3 unspecified atom stereocenters. The molecule has 0 spiro atoms. The second-order valence-electron chi connectivity index (χ2n) is 7.62. The van der Waals surface area contributed by atoms with Gasteiger partial charge in [-0.3, -0.25) is 4.79 Å². The zero-order valence-corrected chi connectivity index (χ0v) is 16.7. The summed E-state index contributed by atoms with van der Waals surface area (Å²) in [5.41, 5.74) is 0.453. The Bertz CT molecular complexity index is 968. The molecule has 0 N–H and O–H groups in total. The van der Waals surface area contributed by atoms with Crippen LogP contribution in [0.3, 0.4) is 0 Å². The van der Waals surface area contributed by atoms with Crippen LogP contribution in [-0.4, -0.2) is 36.8 Å². The molecule has 1 aromatic heterocycles. The fourth-order valence-corrected chi connectivity index (χ4v) is 5.66. The Morgan fingerprint density at radius 3 is 2.70 bits per heavy atom. The van der Waals surface area contributed by atoms with Gasteiger partial charge in [0.2, 0.25) is 0 Å². The minimum Gasteiger partial charge on any atom is -0.464 e. The van der Waals surface area contributed by atoms with E-state index in [2.05, 4.69) is 6.92 Å². The third-order valence-electron chi connectivity index (χ3n) is 5.47. The number of carbonyl (C=O) groups is 1. The van der Waals surface area contributed by atoms with E-state index in [0.29, 0.717) is 34.6 Å². The van der Waals surface area contributed by atoms with Gasteiger partial charge in [-0.2, -0.15) is 0 Å². The highest BCUT2D eigenvalue weighted by molar-refractivity contribution is 7.91. The molecule has 144 valence electrons. The molecule has 0 bridgehead atoms. The van der Waals surface area contributed by atoms with Crippen molar-refractivity contribution in [3.05, 3.63) is 58.5 Å². The number of benzene rings is 1. The molecule has 2 fully saturated rings. The summed E-state index contributed by atoms with van der Waals surface area (Å²) in [5, 5.41) is 0.475. The van der Waals surface area contributed by atoms with Gasteiger partial charge in [-0.1, -0.05) is 24.6 Å². The summed E-state index contributed by atoms with van der Waals surface area (Å²) in [6, 6.07) is 10.2. The molecule has 4 rings (SSSR count). The summed E-state index contributed by atoms with van der Waals surface area (Å²) >= 11 is 6.03. The maximum absolute atomic E-state index is 13.1. The summed E-state index contributed by atoms with van der Waals surface area (Å²) in [6.45, 7) is 2.44. The molecular formula is C20H22ClNO4S. The van der Waals surface area contributed by atoms with Crippen LogP contribution in [0.15, 0.2) is 40.8 Å². The molecule has 0 radical (unpaired) electrons. The van der Waals surface area contributed by atoms with E-state index in [4.69, 9.17) is 16.0 Å². The van der Waals surface area contributed by atoms with Gasteiger partial charge < -0.3 is 9.32 Å². The number of nitrogens with zero attached hydrogens (tertiary/aromatic N) is 1. The standard InChI is InChI=1S/C20H22ClNO4S/c1-13-9-18(13)19-6-5-17(26-19)11-22(16-7-8-27(24,25)12-16)20(23)14-3-2-4-15(21)10-14/h2-6,10,13,16,18H,7-9,11-12H2,1H3. The first-order chi connectivity index (χ1) is 12.8. The van der Waals surface area contributed by atoms with E-state index in [1.807, 2.05) is 12.1 Å². The van der Waals surface area contributed by atoms with Gasteiger partial charge in [-0.25, -0.2) is 8.42 Å². The SMILES string of the molecule is CC1CC1c1ccc(CN(C(=O)c2cccc(Cl)c2)C2CCS(=O)(=O)C2)o1. The van der Waals surface area contributed by atoms with Gasteiger partial charge in [-0.05, 0) is 49.1 Å². The van der Waals surface area contributed by atoms with E-state index in [-0.39, 0.29) is 30.0 Å². The van der Waals surface area contributed by atoms with E-state index in [1.54, 1.807) is 29.2 Å². The lowest BCUT2D eigenvalue weighted by atomic mass is 10.1. The number of sulfone groups is 1. The quantitative estimate of drug-likeness (QED) is 0.754. The number of carbonyl (C=O) groups excluding carboxylic acids is 1. The van der Waals surface area contributed by atoms with Gasteiger partial charge in [0.25, 0.3) is 5.91 Å². The monoisotopic (exact) mass is 407 g/mol. The lowest BCUT2D eigenvalue weighted by Gasteiger charge is -2.27. The number of hydrogen-bond acceptors (Lipinski definition) is 4. The normalized spacial score (nSPS) is 26.1. The third kappa shape index (κ3) is 4.06. The lowest BCUT2D eigenvalue weighted by Crippen LogP contribution is -2.40. The van der Waals surface area contributed by atoms with E-state index < -0.39 is 9.84 Å². The summed E-state index contributed by atoms with van der Waals surface area (Å²) in [4.78, 5) is 14.8. The minimum absolute atomic E-state index is 0.00741. The molecule has 7 heteroatoms. The average molecular weight is 408 g/mol. The van der Waals surface area contributed by atoms with Crippen LogP contribution in [-0.2, 0) is 16.4 Å². The van der Waals surface area contributed by atoms with Crippen LogP contribution in [0, 0.1) is 5.92 Å². The minimum atomic E-state index is -3.11. The molecule has 1 aliphatic carbocycles. The lowest BCUT2D eigenvalue weighted by molar-refractivity contribution is 0.0665. The molecule has 27 heavy (non-hydrogen) atoms. The molecule has 2 heterocycles. The predicted molar refractivity (Wildman–Crippen MR) is 104 cm³/mol. The summed E-state index contributed by atoms with van der Waals surface area (Å²) < 4.78 is 29.9. The fourth-order valence-electron chi connectivity index (χ4n) is 3.74. The van der Waals surface area contributed by atoms with Crippen LogP contribution in [0.1, 0.15) is 47.6 Å². The van der Waals surface area contributed by atoms with E-state index >= 15 is 0 Å². The van der Waals surface area contributed by atoms with Crippen LogP contribution < -0.4 is 0 Å². The highest BCUT2D eigenvalue weighted by atomic mass is 35.5. The van der Waals surface area contributed by atoms with E-state index in [1.165, 1.54) is 0 Å². The van der Waals surface area contributed by atoms with Gasteiger partial charge in [0.05, 0.1) is 18.1 Å². The first-order valence-corrected chi connectivity index (χ1v) is 11.4. The summed E-state index contributed by atoms with van der Waals surface area (Å²) in [7, 11) is -3.11. The highest BCUT2D eigenvalue weighted by Gasteiger charge is 2.38. The first kappa shape index (κ1) is 18.6. The molecule has 1 saturated carbocycles. The van der Waals surface area contributed by atoms with Crippen molar-refractivity contribution in [2.75, 3.05) is 11.5 Å². The second-order valence-corrected chi connectivity index (χ2v) is 10.3. The Morgan fingerprint density at radius 1 is 1.30 bits per heavy atom. The van der Waals surface area contributed by atoms with Crippen molar-refractivity contribution in [1.82, 2.24) is 4.90 Å². The van der Waals surface area contributed by atoms with Crippen molar-refractivity contribution < 1.29 is 17.6 Å². The highest BCUT2D eigenvalue weighted by Crippen LogP contribution is 2.47. The average Bonchev–Trinajstić information content (AvgIpc) is 3.02. The largest absolute Gasteiger partial charge is 0.464 e. The topological polar surface area (TPSA) is 67.6 Å². The van der Waals surface area contributed by atoms with Crippen LogP contribution >= 0.6 is 11.6 Å². The Balaban J connectivity index is 1.59. The number of halogens is 1. The predicted octanol–water partition coefficient (Wildman–Crippen LogP) is 3.89. The van der Waals surface area contributed by atoms with Crippen molar-refractivity contribution in [3.8, 4) is 0 Å². The maximum atomic E-state index is 13.1. The zero-order valence-electron chi connectivity index (χ0n) is 15.1. The molecule has 1 aliphatic heterocycles. The number of hydrogen-bond donors (Lipinski definition) is 0. The van der Waals surface area contributed by atoms with Crippen molar-refractivity contribution in [2.45, 2.75) is 38.3 Å². The molecular weight excluding hydrogens is 386 g/mol. The van der Waals surface area contributed by atoms with Gasteiger partial charge in [0.15, 0.2) is 9.84 Å². The number of amides is 1. The number of furan rings is 1. The smallest absolute Gasteiger partial charge is 0.254 e. The summed E-state index contributed by atoms with van der Waals surface area (Å²) in [6.07, 6.45) is 1.57. The van der Waals surface area contributed by atoms with Crippen LogP contribution in [0.5, 0.6) is 0 Å². The Hall–Kier alpha value is -1.79. The second kappa shape index (κ2) is 6.99. The Labute approximate surface area is 164 Å². The van der Waals surface area contributed by atoms with Crippen molar-refractivity contribution in [2.24, 2.45) is 5.92 Å². The van der Waals surface area contributed by atoms with E-state index in [0.717, 1.165) is 12.2 Å². The zero-order chi connectivity index (χ0) is 19.2. The van der Waals surface area contributed by atoms with Gasteiger partial charge in [0.1, 0.15) is 11.5 Å². The van der Waals surface area contributed by atoms with Crippen molar-refractivity contribution in [1.29, 1.82) is 0 Å². The molecule has 1 amide bonds. The number of rotatable bonds is 5. The molecule has 3 atom stereocenters. The molecule has 2 aromatic rings. The molecule has 1 saturated heterocycles. The Kier molecular flexibility index (Phi) is 4.80. The van der Waals surface area contributed by atoms with Crippen LogP contribution in [0.2, 0.25) is 5.02 Å². The third-order valence-corrected chi connectivity index (χ3v) is 7.45. The Morgan fingerprint density at radius 2 is 2.07 bits per heavy atom. The van der Waals surface area contributed by atoms with Gasteiger partial charge >= 0.3 is 0 Å². The molecule has 5 nitrogen and oxygen atoms in total.